The molecule has 2 aromatic heterocycles. The van der Waals surface area contributed by atoms with E-state index in [1.807, 2.05) is 6.07 Å². The topological polar surface area (TPSA) is 89.3 Å². The van der Waals surface area contributed by atoms with Gasteiger partial charge in [0.1, 0.15) is 5.82 Å². The molecule has 1 N–H and O–H groups in total. The lowest BCUT2D eigenvalue weighted by Crippen LogP contribution is -2.40. The van der Waals surface area contributed by atoms with Gasteiger partial charge in [0.05, 0.1) is 34.4 Å². The highest BCUT2D eigenvalue weighted by Gasteiger charge is 2.22. The molecule has 4 aromatic rings. The highest BCUT2D eigenvalue weighted by Crippen LogP contribution is 2.31. The van der Waals surface area contributed by atoms with Gasteiger partial charge in [-0.25, -0.2) is 14.4 Å². The number of amides is 1. The zero-order chi connectivity index (χ0) is 26.2. The fraction of sp³-hybridized carbons (Fsp3) is 0.321. The van der Waals surface area contributed by atoms with Crippen LogP contribution in [0.15, 0.2) is 59.9 Å². The number of fused-ring (bicyclic) bond motifs is 1. The number of morpholine rings is 1. The first-order valence-corrected chi connectivity index (χ1v) is 14.3. The summed E-state index contributed by atoms with van der Waals surface area (Å²) in [5.74, 6) is 0.619. The molecule has 1 saturated carbocycles. The number of anilines is 1. The Bertz CT molecular complexity index is 1530. The second kappa shape index (κ2) is 10.3. The molecule has 8 nitrogen and oxygen atoms in total. The summed E-state index contributed by atoms with van der Waals surface area (Å²) in [7, 11) is -1.26. The highest BCUT2D eigenvalue weighted by atomic mass is 32.2. The van der Waals surface area contributed by atoms with Crippen LogP contribution in [0.25, 0.3) is 28.0 Å². The van der Waals surface area contributed by atoms with Crippen molar-refractivity contribution in [1.82, 2.24) is 19.4 Å². The summed E-state index contributed by atoms with van der Waals surface area (Å²) in [6.07, 6.45) is 9.00. The van der Waals surface area contributed by atoms with Gasteiger partial charge in [-0.2, -0.15) is 0 Å². The molecular weight excluding hydrogens is 505 g/mol. The minimum atomic E-state index is -1.26. The minimum absolute atomic E-state index is 0.0796. The summed E-state index contributed by atoms with van der Waals surface area (Å²) in [5, 5.41) is 4.14. The maximum Gasteiger partial charge on any atom is 0.254 e. The number of carbonyl (C=O) groups is 1. The Morgan fingerprint density at radius 3 is 2.61 bits per heavy atom. The van der Waals surface area contributed by atoms with Crippen LogP contribution in [0, 0.1) is 11.7 Å². The zero-order valence-corrected chi connectivity index (χ0v) is 21.8. The van der Waals surface area contributed by atoms with E-state index in [2.05, 4.69) is 15.3 Å². The van der Waals surface area contributed by atoms with Gasteiger partial charge >= 0.3 is 0 Å². The Labute approximate surface area is 222 Å². The van der Waals surface area contributed by atoms with E-state index in [4.69, 9.17) is 4.74 Å². The molecule has 196 valence electrons. The van der Waals surface area contributed by atoms with Crippen LogP contribution >= 0.6 is 0 Å². The first-order chi connectivity index (χ1) is 18.5. The molecule has 38 heavy (non-hydrogen) atoms. The third-order valence-corrected chi connectivity index (χ3v) is 7.99. The number of nitrogens with zero attached hydrogens (tertiary/aromatic N) is 4. The van der Waals surface area contributed by atoms with Crippen molar-refractivity contribution in [3.05, 3.63) is 66.4 Å². The monoisotopic (exact) mass is 533 g/mol. The number of ether oxygens (including phenoxy) is 1. The molecular formula is C28H28FN5O3S. The van der Waals surface area contributed by atoms with Crippen molar-refractivity contribution < 1.29 is 18.1 Å². The first kappa shape index (κ1) is 24.7. The molecule has 0 spiro atoms. The summed E-state index contributed by atoms with van der Waals surface area (Å²) in [5.41, 5.74) is 3.05. The van der Waals surface area contributed by atoms with Crippen LogP contribution in [0.5, 0.6) is 0 Å². The zero-order valence-electron chi connectivity index (χ0n) is 21.0. The number of nitrogens with one attached hydrogen (secondary N) is 1. The Hall–Kier alpha value is -3.63. The second-order valence-electron chi connectivity index (χ2n) is 9.74. The number of halogens is 1. The summed E-state index contributed by atoms with van der Waals surface area (Å²) >= 11 is 0. The van der Waals surface area contributed by atoms with Crippen molar-refractivity contribution in [2.75, 3.05) is 44.4 Å². The van der Waals surface area contributed by atoms with Gasteiger partial charge in [0.15, 0.2) is 0 Å². The van der Waals surface area contributed by atoms with Crippen LogP contribution < -0.4 is 5.32 Å². The van der Waals surface area contributed by atoms with Gasteiger partial charge in [0.2, 0.25) is 5.95 Å². The van der Waals surface area contributed by atoms with Crippen molar-refractivity contribution >= 4 is 33.3 Å². The highest BCUT2D eigenvalue weighted by molar-refractivity contribution is 7.84. The Morgan fingerprint density at radius 2 is 1.89 bits per heavy atom. The van der Waals surface area contributed by atoms with Gasteiger partial charge in [-0.3, -0.25) is 13.6 Å². The van der Waals surface area contributed by atoms with E-state index >= 15 is 0 Å². The molecule has 2 fully saturated rings. The third kappa shape index (κ3) is 4.93. The van der Waals surface area contributed by atoms with Gasteiger partial charge in [-0.1, -0.05) is 6.07 Å². The summed E-state index contributed by atoms with van der Waals surface area (Å²) < 4.78 is 34.3. The fourth-order valence-corrected chi connectivity index (χ4v) is 5.43. The normalized spacial score (nSPS) is 16.5. The first-order valence-electron chi connectivity index (χ1n) is 12.7. The quantitative estimate of drug-likeness (QED) is 0.382. The van der Waals surface area contributed by atoms with Crippen LogP contribution in [-0.2, 0) is 15.5 Å². The predicted octanol–water partition coefficient (Wildman–Crippen LogP) is 4.26. The van der Waals surface area contributed by atoms with E-state index in [9.17, 15) is 13.4 Å². The van der Waals surface area contributed by atoms with Crippen LogP contribution in [0.3, 0.4) is 0 Å². The lowest BCUT2D eigenvalue weighted by atomic mass is 10.1. The molecule has 1 aliphatic carbocycles. The molecule has 3 heterocycles. The average molecular weight is 534 g/mol. The molecule has 2 aromatic carbocycles. The molecule has 1 unspecified atom stereocenters. The van der Waals surface area contributed by atoms with E-state index in [1.165, 1.54) is 18.9 Å². The number of hydrogen-bond donors (Lipinski definition) is 1. The van der Waals surface area contributed by atoms with Crippen molar-refractivity contribution in [2.45, 2.75) is 17.7 Å². The van der Waals surface area contributed by atoms with E-state index in [0.29, 0.717) is 65.3 Å². The fourth-order valence-electron chi connectivity index (χ4n) is 4.70. The third-order valence-electron chi connectivity index (χ3n) is 7.05. The molecule has 1 saturated heterocycles. The van der Waals surface area contributed by atoms with E-state index in [0.717, 1.165) is 17.6 Å². The van der Waals surface area contributed by atoms with Crippen LogP contribution in [0.2, 0.25) is 0 Å². The summed E-state index contributed by atoms with van der Waals surface area (Å²) in [4.78, 5) is 24.5. The maximum absolute atomic E-state index is 14.7. The molecule has 2 aliphatic rings. The average Bonchev–Trinajstić information content (AvgIpc) is 3.70. The molecule has 0 radical (unpaired) electrons. The van der Waals surface area contributed by atoms with Crippen molar-refractivity contribution in [2.24, 2.45) is 5.92 Å². The smallest absolute Gasteiger partial charge is 0.254 e. The molecule has 6 rings (SSSR count). The Kier molecular flexibility index (Phi) is 6.67. The summed E-state index contributed by atoms with van der Waals surface area (Å²) in [6, 6.07) is 10.3. The van der Waals surface area contributed by atoms with Gasteiger partial charge in [0.25, 0.3) is 5.91 Å². The van der Waals surface area contributed by atoms with Crippen molar-refractivity contribution in [1.29, 1.82) is 0 Å². The van der Waals surface area contributed by atoms with Crippen LogP contribution in [0.1, 0.15) is 23.2 Å². The lowest BCUT2D eigenvalue weighted by molar-refractivity contribution is 0.0303. The lowest BCUT2D eigenvalue weighted by Gasteiger charge is -2.26. The van der Waals surface area contributed by atoms with Gasteiger partial charge in [-0.15, -0.1) is 0 Å². The van der Waals surface area contributed by atoms with E-state index in [1.54, 1.807) is 58.6 Å². The number of hydrogen-bond acceptors (Lipinski definition) is 6. The van der Waals surface area contributed by atoms with Crippen LogP contribution in [0.4, 0.5) is 10.1 Å². The van der Waals surface area contributed by atoms with Gasteiger partial charge in [0, 0.05) is 72.2 Å². The minimum Gasteiger partial charge on any atom is -0.385 e. The molecule has 1 aliphatic heterocycles. The summed E-state index contributed by atoms with van der Waals surface area (Å²) in [6.45, 7) is 3.01. The number of carbonyl (C=O) groups excluding carboxylic acids is 1. The molecule has 1 amide bonds. The van der Waals surface area contributed by atoms with E-state index in [-0.39, 0.29) is 11.7 Å². The Balaban J connectivity index is 1.34. The van der Waals surface area contributed by atoms with Crippen molar-refractivity contribution in [3.63, 3.8) is 0 Å². The van der Waals surface area contributed by atoms with Gasteiger partial charge in [-0.05, 0) is 49.1 Å². The largest absolute Gasteiger partial charge is 0.385 e. The SMILES string of the molecule is CS(=O)c1cn(-c2ncc(-c3cc(NCC4CC4)ccc3F)cn2)c2cc(C(=O)N3CCOCC3)ccc12. The number of benzene rings is 2. The second-order valence-corrected chi connectivity index (χ2v) is 11.1. The molecule has 10 heteroatoms. The molecule has 1 atom stereocenters. The van der Waals surface area contributed by atoms with Crippen molar-refractivity contribution in [3.8, 4) is 17.1 Å². The van der Waals surface area contributed by atoms with Gasteiger partial charge < -0.3 is 15.0 Å². The number of aromatic nitrogens is 3. The predicted molar refractivity (Wildman–Crippen MR) is 145 cm³/mol. The molecule has 0 bridgehead atoms. The Morgan fingerprint density at radius 1 is 1.13 bits per heavy atom. The number of rotatable bonds is 7. The van der Waals surface area contributed by atoms with E-state index < -0.39 is 10.8 Å². The van der Waals surface area contributed by atoms with Crippen LogP contribution in [-0.4, -0.2) is 68.7 Å². The standard InChI is InChI=1S/C28H28FN5O3S/c1-38(36)26-17-34(25-12-19(4-6-22(25)26)27(35)33-8-10-37-11-9-33)28-31-15-20(16-32-28)23-13-21(5-7-24(23)29)30-14-18-2-3-18/h4-7,12-13,15-18,30H,2-3,8-11,14H2,1H3. The maximum atomic E-state index is 14.7.